The van der Waals surface area contributed by atoms with Gasteiger partial charge in [0.05, 0.1) is 15.9 Å². The smallest absolute Gasteiger partial charge is 0.0766 e. The van der Waals surface area contributed by atoms with Gasteiger partial charge >= 0.3 is 0 Å². The summed E-state index contributed by atoms with van der Waals surface area (Å²) in [5.74, 6) is 0. The molecule has 0 aromatic carbocycles. The van der Waals surface area contributed by atoms with Crippen LogP contribution >= 0.6 is 15.9 Å². The van der Waals surface area contributed by atoms with E-state index in [-0.39, 0.29) is 5.41 Å². The predicted molar refractivity (Wildman–Crippen MR) is 85.5 cm³/mol. The lowest BCUT2D eigenvalue weighted by Crippen LogP contribution is -2.34. The standard InChI is InChI=1S/C15H28BrN3/c1-6-9-17-11-15(4,8-3)10-13-14(16)12(7-2)18-19(13)5/h17H,6-11H2,1-5H3. The third-order valence-corrected chi connectivity index (χ3v) is 4.84. The van der Waals surface area contributed by atoms with E-state index < -0.39 is 0 Å². The molecule has 0 spiro atoms. The molecule has 1 heterocycles. The van der Waals surface area contributed by atoms with Crippen molar-refractivity contribution in [3.63, 3.8) is 0 Å². The average molecular weight is 330 g/mol. The normalized spacial score (nSPS) is 14.6. The van der Waals surface area contributed by atoms with Gasteiger partial charge in [-0.3, -0.25) is 4.68 Å². The van der Waals surface area contributed by atoms with Crippen molar-refractivity contribution in [1.82, 2.24) is 15.1 Å². The van der Waals surface area contributed by atoms with Crippen LogP contribution < -0.4 is 5.32 Å². The van der Waals surface area contributed by atoms with Gasteiger partial charge < -0.3 is 5.32 Å². The minimum atomic E-state index is 0.288. The van der Waals surface area contributed by atoms with E-state index in [1.807, 2.05) is 4.68 Å². The van der Waals surface area contributed by atoms with Crippen LogP contribution in [0.3, 0.4) is 0 Å². The molecule has 0 aliphatic carbocycles. The van der Waals surface area contributed by atoms with Gasteiger partial charge in [0.15, 0.2) is 0 Å². The van der Waals surface area contributed by atoms with Crippen molar-refractivity contribution in [2.45, 2.75) is 53.4 Å². The Labute approximate surface area is 126 Å². The number of nitrogens with one attached hydrogen (secondary N) is 1. The Morgan fingerprint density at radius 3 is 2.47 bits per heavy atom. The SMILES string of the molecule is CCCNCC(C)(CC)Cc1c(Br)c(CC)nn1C. The summed E-state index contributed by atoms with van der Waals surface area (Å²) < 4.78 is 3.24. The second-order valence-electron chi connectivity index (χ2n) is 5.70. The van der Waals surface area contributed by atoms with Crippen LogP contribution in [0, 0.1) is 5.41 Å². The van der Waals surface area contributed by atoms with Crippen molar-refractivity contribution >= 4 is 15.9 Å². The van der Waals surface area contributed by atoms with E-state index in [0.717, 1.165) is 31.6 Å². The van der Waals surface area contributed by atoms with Gasteiger partial charge in [0.1, 0.15) is 0 Å². The molecule has 3 nitrogen and oxygen atoms in total. The lowest BCUT2D eigenvalue weighted by atomic mass is 9.82. The zero-order valence-electron chi connectivity index (χ0n) is 13.0. The van der Waals surface area contributed by atoms with E-state index in [0.29, 0.717) is 0 Å². The minimum absolute atomic E-state index is 0.288. The molecule has 1 rings (SSSR count). The first kappa shape index (κ1) is 16.7. The van der Waals surface area contributed by atoms with Crippen LogP contribution in [-0.4, -0.2) is 22.9 Å². The highest BCUT2D eigenvalue weighted by molar-refractivity contribution is 9.10. The summed E-state index contributed by atoms with van der Waals surface area (Å²) in [4.78, 5) is 0. The molecule has 0 fully saturated rings. The van der Waals surface area contributed by atoms with Gasteiger partial charge in [-0.2, -0.15) is 5.10 Å². The van der Waals surface area contributed by atoms with Gasteiger partial charge in [0.2, 0.25) is 0 Å². The lowest BCUT2D eigenvalue weighted by molar-refractivity contribution is 0.284. The molecule has 4 heteroatoms. The summed E-state index contributed by atoms with van der Waals surface area (Å²) in [7, 11) is 2.05. The van der Waals surface area contributed by atoms with Crippen molar-refractivity contribution in [3.8, 4) is 0 Å². The van der Waals surface area contributed by atoms with Crippen LogP contribution in [0.15, 0.2) is 4.47 Å². The molecule has 110 valence electrons. The monoisotopic (exact) mass is 329 g/mol. The van der Waals surface area contributed by atoms with Gasteiger partial charge in [0, 0.05) is 13.6 Å². The van der Waals surface area contributed by atoms with Crippen LogP contribution in [0.1, 0.15) is 51.9 Å². The van der Waals surface area contributed by atoms with E-state index in [4.69, 9.17) is 0 Å². The summed E-state index contributed by atoms with van der Waals surface area (Å²) in [6.45, 7) is 11.2. The summed E-state index contributed by atoms with van der Waals surface area (Å²) in [5, 5.41) is 8.15. The minimum Gasteiger partial charge on any atom is -0.316 e. The third-order valence-electron chi connectivity index (χ3n) is 3.93. The molecule has 19 heavy (non-hydrogen) atoms. The number of aryl methyl sites for hydroxylation is 2. The Kier molecular flexibility index (Phi) is 6.54. The van der Waals surface area contributed by atoms with E-state index in [1.54, 1.807) is 0 Å². The quantitative estimate of drug-likeness (QED) is 0.737. The Balaban J connectivity index is 2.82. The van der Waals surface area contributed by atoms with Crippen molar-refractivity contribution in [2.75, 3.05) is 13.1 Å². The summed E-state index contributed by atoms with van der Waals surface area (Å²) >= 11 is 3.72. The number of hydrogen-bond donors (Lipinski definition) is 1. The van der Waals surface area contributed by atoms with E-state index in [2.05, 4.69) is 61.1 Å². The zero-order chi connectivity index (χ0) is 14.5. The number of aromatic nitrogens is 2. The van der Waals surface area contributed by atoms with Crippen LogP contribution in [0.5, 0.6) is 0 Å². The largest absolute Gasteiger partial charge is 0.316 e. The Morgan fingerprint density at radius 2 is 2.00 bits per heavy atom. The van der Waals surface area contributed by atoms with Crippen molar-refractivity contribution in [1.29, 1.82) is 0 Å². The zero-order valence-corrected chi connectivity index (χ0v) is 14.6. The lowest BCUT2D eigenvalue weighted by Gasteiger charge is -2.29. The van der Waals surface area contributed by atoms with E-state index >= 15 is 0 Å². The molecule has 1 N–H and O–H groups in total. The molecule has 0 saturated heterocycles. The van der Waals surface area contributed by atoms with Crippen LogP contribution in [0.25, 0.3) is 0 Å². The Hall–Kier alpha value is -0.350. The van der Waals surface area contributed by atoms with Gasteiger partial charge in [-0.05, 0) is 53.6 Å². The van der Waals surface area contributed by atoms with Gasteiger partial charge in [-0.1, -0.05) is 27.7 Å². The molecule has 0 saturated carbocycles. The maximum Gasteiger partial charge on any atom is 0.0766 e. The topological polar surface area (TPSA) is 29.9 Å². The number of hydrogen-bond acceptors (Lipinski definition) is 2. The summed E-state index contributed by atoms with van der Waals surface area (Å²) in [6, 6.07) is 0. The molecule has 0 amide bonds. The fourth-order valence-electron chi connectivity index (χ4n) is 2.30. The Morgan fingerprint density at radius 1 is 1.32 bits per heavy atom. The third kappa shape index (κ3) is 4.32. The fourth-order valence-corrected chi connectivity index (χ4v) is 3.05. The summed E-state index contributed by atoms with van der Waals surface area (Å²) in [5.41, 5.74) is 2.77. The molecule has 1 atom stereocenters. The molecule has 1 aromatic rings. The maximum absolute atomic E-state index is 4.59. The average Bonchev–Trinajstić information content (AvgIpc) is 2.66. The number of halogens is 1. The van der Waals surface area contributed by atoms with E-state index in [1.165, 1.54) is 23.0 Å². The first-order valence-electron chi connectivity index (χ1n) is 7.38. The molecule has 1 aromatic heterocycles. The maximum atomic E-state index is 4.59. The molecule has 0 bridgehead atoms. The van der Waals surface area contributed by atoms with Gasteiger partial charge in [-0.25, -0.2) is 0 Å². The van der Waals surface area contributed by atoms with Crippen molar-refractivity contribution < 1.29 is 0 Å². The summed E-state index contributed by atoms with van der Waals surface area (Å²) in [6.07, 6.45) is 4.40. The molecule has 0 radical (unpaired) electrons. The van der Waals surface area contributed by atoms with Crippen LogP contribution in [0.4, 0.5) is 0 Å². The molecular weight excluding hydrogens is 302 g/mol. The van der Waals surface area contributed by atoms with Gasteiger partial charge in [-0.15, -0.1) is 0 Å². The highest BCUT2D eigenvalue weighted by Crippen LogP contribution is 2.31. The first-order chi connectivity index (χ1) is 8.97. The number of rotatable bonds is 8. The van der Waals surface area contributed by atoms with Crippen LogP contribution in [0.2, 0.25) is 0 Å². The molecule has 1 unspecified atom stereocenters. The highest BCUT2D eigenvalue weighted by Gasteiger charge is 2.26. The van der Waals surface area contributed by atoms with Crippen molar-refractivity contribution in [2.24, 2.45) is 12.5 Å². The van der Waals surface area contributed by atoms with Gasteiger partial charge in [0.25, 0.3) is 0 Å². The van der Waals surface area contributed by atoms with Crippen molar-refractivity contribution in [3.05, 3.63) is 15.9 Å². The highest BCUT2D eigenvalue weighted by atomic mass is 79.9. The molecule has 0 aliphatic rings. The number of nitrogens with zero attached hydrogens (tertiary/aromatic N) is 2. The van der Waals surface area contributed by atoms with E-state index in [9.17, 15) is 0 Å². The first-order valence-corrected chi connectivity index (χ1v) is 8.17. The second kappa shape index (κ2) is 7.44. The molecular formula is C15H28BrN3. The molecule has 0 aliphatic heterocycles. The second-order valence-corrected chi connectivity index (χ2v) is 6.50. The predicted octanol–water partition coefficient (Wildman–Crippen LogP) is 3.70. The fraction of sp³-hybridized carbons (Fsp3) is 0.800. The Bertz CT molecular complexity index is 400. The van der Waals surface area contributed by atoms with Crippen LogP contribution in [-0.2, 0) is 19.9 Å².